The van der Waals surface area contributed by atoms with E-state index in [1.807, 2.05) is 0 Å². The second-order valence-electron chi connectivity index (χ2n) is 25.5. The molecule has 0 aliphatic heterocycles. The van der Waals surface area contributed by atoms with Gasteiger partial charge >= 0.3 is 0 Å². The van der Waals surface area contributed by atoms with Crippen molar-refractivity contribution in [3.63, 3.8) is 0 Å². The number of hydrogen-bond acceptors (Lipinski definition) is 1. The minimum Gasteiger partial charge on any atom is -0.309 e. The van der Waals surface area contributed by atoms with Crippen LogP contribution in [0.5, 0.6) is 0 Å². The van der Waals surface area contributed by atoms with Crippen LogP contribution in [0.15, 0.2) is 206 Å². The van der Waals surface area contributed by atoms with Crippen LogP contribution in [0, 0.1) is 0 Å². The third-order valence-corrected chi connectivity index (χ3v) is 16.2. The molecule has 12 rings (SSSR count). The van der Waals surface area contributed by atoms with Crippen LogP contribution in [-0.4, -0.2) is 4.57 Å². The Kier molecular flexibility index (Phi) is 11.5. The molecule has 11 aromatic carbocycles. The monoisotopic (exact) mass is 987 g/mol. The molecule has 0 saturated heterocycles. The molecule has 0 unspecified atom stereocenters. The predicted octanol–water partition coefficient (Wildman–Crippen LogP) is 21.3. The van der Waals surface area contributed by atoms with E-state index in [9.17, 15) is 0 Å². The SMILES string of the molecule is CC(C)(C)c1ccc(-c2ccccc2-c2ccc(N(c3ccc(C(C)(C)C)cc3-c3ccccc3)c3ccc4ccc5c(-n6c7ccc(C(C)(C)C)cc7c7cc(C(C)(C)C)ccc76)ccc6ccc3c4c65)cc2)cc1. The molecule has 2 heteroatoms. The lowest BCUT2D eigenvalue weighted by atomic mass is 9.84. The minimum atomic E-state index is -0.0418. The molecule has 376 valence electrons. The van der Waals surface area contributed by atoms with Gasteiger partial charge in [0.05, 0.1) is 28.1 Å². The number of hydrogen-bond donors (Lipinski definition) is 0. The summed E-state index contributed by atoms with van der Waals surface area (Å²) >= 11 is 0. The average Bonchev–Trinajstić information content (AvgIpc) is 3.86. The Hall–Kier alpha value is -7.94. The van der Waals surface area contributed by atoms with Crippen molar-refractivity contribution in [1.82, 2.24) is 4.57 Å². The first-order chi connectivity index (χ1) is 36.2. The van der Waals surface area contributed by atoms with Crippen molar-refractivity contribution in [3.05, 3.63) is 229 Å². The van der Waals surface area contributed by atoms with Gasteiger partial charge in [-0.05, 0) is 154 Å². The maximum Gasteiger partial charge on any atom is 0.0541 e. The molecule has 12 aromatic rings. The number of benzene rings is 11. The van der Waals surface area contributed by atoms with Gasteiger partial charge in [-0.1, -0.05) is 229 Å². The summed E-state index contributed by atoms with van der Waals surface area (Å²) in [5.74, 6) is 0. The molecule has 0 aliphatic carbocycles. The van der Waals surface area contributed by atoms with E-state index in [-0.39, 0.29) is 21.7 Å². The van der Waals surface area contributed by atoms with E-state index in [0.29, 0.717) is 0 Å². The zero-order valence-electron chi connectivity index (χ0n) is 46.5. The van der Waals surface area contributed by atoms with Crippen LogP contribution >= 0.6 is 0 Å². The number of rotatable bonds is 7. The molecule has 0 bridgehead atoms. The van der Waals surface area contributed by atoms with E-state index >= 15 is 0 Å². The standard InChI is InChI=1S/C74H70N2/c1-71(2,3)52-30-22-48(23-31-52)57-20-16-17-21-58(57)49-24-35-56(36-25-49)75(66-41-32-53(72(4,5)6)44-61(66)47-18-14-13-15-19-47)64-39-28-50-27-38-60-65(40-29-51-26-37-59(64)69(50)70(51)60)76-67-42-33-54(73(7,8)9)45-62(67)63-46-55(74(10,11)12)34-43-68(63)76/h13-46H,1-12H3. The molecule has 0 N–H and O–H groups in total. The lowest BCUT2D eigenvalue weighted by molar-refractivity contribution is 0.590. The first-order valence-electron chi connectivity index (χ1n) is 27.3. The smallest absolute Gasteiger partial charge is 0.0541 e. The Morgan fingerprint density at radius 1 is 0.303 bits per heavy atom. The van der Waals surface area contributed by atoms with E-state index in [0.717, 1.165) is 17.1 Å². The first-order valence-corrected chi connectivity index (χ1v) is 27.3. The van der Waals surface area contributed by atoms with E-state index in [2.05, 4.69) is 299 Å². The molecule has 0 saturated carbocycles. The van der Waals surface area contributed by atoms with E-state index in [1.165, 1.54) is 115 Å². The number of aromatic nitrogens is 1. The summed E-state index contributed by atoms with van der Waals surface area (Å²) in [5.41, 5.74) is 19.7. The van der Waals surface area contributed by atoms with Crippen molar-refractivity contribution in [3.8, 4) is 39.1 Å². The average molecular weight is 987 g/mol. The third kappa shape index (κ3) is 8.44. The quantitative estimate of drug-likeness (QED) is 0.145. The molecule has 1 aromatic heterocycles. The molecule has 0 amide bonds. The van der Waals surface area contributed by atoms with Gasteiger partial charge in [0.1, 0.15) is 0 Å². The normalized spacial score (nSPS) is 12.7. The molecule has 0 radical (unpaired) electrons. The summed E-state index contributed by atoms with van der Waals surface area (Å²) in [6.45, 7) is 27.7. The second kappa shape index (κ2) is 17.8. The van der Waals surface area contributed by atoms with Gasteiger partial charge in [-0.25, -0.2) is 0 Å². The highest BCUT2D eigenvalue weighted by Crippen LogP contribution is 2.49. The molecule has 76 heavy (non-hydrogen) atoms. The lowest BCUT2D eigenvalue weighted by Crippen LogP contribution is -2.15. The Balaban J connectivity index is 1.08. The van der Waals surface area contributed by atoms with Crippen molar-refractivity contribution in [2.24, 2.45) is 0 Å². The lowest BCUT2D eigenvalue weighted by Gasteiger charge is -2.31. The predicted molar refractivity (Wildman–Crippen MR) is 330 cm³/mol. The Bertz CT molecular complexity index is 4090. The van der Waals surface area contributed by atoms with Crippen molar-refractivity contribution < 1.29 is 0 Å². The molecule has 0 spiro atoms. The van der Waals surface area contributed by atoms with Gasteiger partial charge in [-0.3, -0.25) is 0 Å². The van der Waals surface area contributed by atoms with Crippen LogP contribution in [0.3, 0.4) is 0 Å². The van der Waals surface area contributed by atoms with Crippen molar-refractivity contribution in [2.75, 3.05) is 4.90 Å². The zero-order valence-corrected chi connectivity index (χ0v) is 46.5. The maximum atomic E-state index is 2.53. The van der Waals surface area contributed by atoms with Gasteiger partial charge in [0, 0.05) is 32.8 Å². The van der Waals surface area contributed by atoms with E-state index < -0.39 is 0 Å². The molecule has 2 nitrogen and oxygen atoms in total. The van der Waals surface area contributed by atoms with Crippen molar-refractivity contribution in [1.29, 1.82) is 0 Å². The fourth-order valence-electron chi connectivity index (χ4n) is 11.8. The van der Waals surface area contributed by atoms with Gasteiger partial charge in [-0.2, -0.15) is 0 Å². The second-order valence-corrected chi connectivity index (χ2v) is 25.5. The van der Waals surface area contributed by atoms with Gasteiger partial charge in [0.2, 0.25) is 0 Å². The zero-order chi connectivity index (χ0) is 53.1. The van der Waals surface area contributed by atoms with Crippen LogP contribution in [0.4, 0.5) is 17.1 Å². The van der Waals surface area contributed by atoms with Crippen LogP contribution in [0.2, 0.25) is 0 Å². The maximum absolute atomic E-state index is 2.53. The molecule has 0 atom stereocenters. The fraction of sp³-hybridized carbons (Fsp3) is 0.216. The van der Waals surface area contributed by atoms with Gasteiger partial charge < -0.3 is 9.47 Å². The molecular formula is C74H70N2. The van der Waals surface area contributed by atoms with Gasteiger partial charge in [0.15, 0.2) is 0 Å². The van der Waals surface area contributed by atoms with Crippen LogP contribution in [0.25, 0.3) is 93.2 Å². The first kappa shape index (κ1) is 49.0. The van der Waals surface area contributed by atoms with Crippen LogP contribution < -0.4 is 4.90 Å². The van der Waals surface area contributed by atoms with Crippen LogP contribution in [0.1, 0.15) is 105 Å². The fourth-order valence-corrected chi connectivity index (χ4v) is 11.8. The summed E-state index contributed by atoms with van der Waals surface area (Å²) in [6, 6.07) is 78.5. The highest BCUT2D eigenvalue weighted by molar-refractivity contribution is 6.27. The van der Waals surface area contributed by atoms with Gasteiger partial charge in [-0.15, -0.1) is 0 Å². The Morgan fingerprint density at radius 3 is 1.28 bits per heavy atom. The largest absolute Gasteiger partial charge is 0.309 e. The molecular weight excluding hydrogens is 917 g/mol. The van der Waals surface area contributed by atoms with Crippen molar-refractivity contribution in [2.45, 2.75) is 105 Å². The van der Waals surface area contributed by atoms with Gasteiger partial charge in [0.25, 0.3) is 0 Å². The highest BCUT2D eigenvalue weighted by Gasteiger charge is 2.27. The topological polar surface area (TPSA) is 8.17 Å². The van der Waals surface area contributed by atoms with Crippen molar-refractivity contribution >= 4 is 71.2 Å². The number of fused-ring (bicyclic) bond motifs is 3. The van der Waals surface area contributed by atoms with Crippen LogP contribution in [-0.2, 0) is 21.7 Å². The summed E-state index contributed by atoms with van der Waals surface area (Å²) < 4.78 is 2.53. The Labute approximate surface area is 450 Å². The summed E-state index contributed by atoms with van der Waals surface area (Å²) in [6.07, 6.45) is 0. The number of nitrogens with zero attached hydrogens (tertiary/aromatic N) is 2. The Morgan fingerprint density at radius 2 is 0.724 bits per heavy atom. The number of anilines is 3. The molecule has 0 fully saturated rings. The summed E-state index contributed by atoms with van der Waals surface area (Å²) in [4.78, 5) is 2.52. The highest BCUT2D eigenvalue weighted by atomic mass is 15.1. The summed E-state index contributed by atoms with van der Waals surface area (Å²) in [5, 5.41) is 10.1. The minimum absolute atomic E-state index is 0.0200. The molecule has 1 heterocycles. The summed E-state index contributed by atoms with van der Waals surface area (Å²) in [7, 11) is 0. The van der Waals surface area contributed by atoms with E-state index in [1.54, 1.807) is 0 Å². The van der Waals surface area contributed by atoms with E-state index in [4.69, 9.17) is 0 Å². The molecule has 0 aliphatic rings. The third-order valence-electron chi connectivity index (χ3n) is 16.2.